The second-order valence-electron chi connectivity index (χ2n) is 6.01. The van der Waals surface area contributed by atoms with E-state index in [-0.39, 0.29) is 0 Å². The monoisotopic (exact) mass is 300 g/mol. The molecule has 0 radical (unpaired) electrons. The largest absolute Gasteiger partial charge is 0.342 e. The van der Waals surface area contributed by atoms with Crippen molar-refractivity contribution >= 4 is 17.5 Å². The first-order valence-electron chi connectivity index (χ1n) is 6.36. The van der Waals surface area contributed by atoms with E-state index in [4.69, 9.17) is 0 Å². The fraction of sp³-hybridized carbons (Fsp3) is 0.429. The maximum absolute atomic E-state index is 13.8. The summed E-state index contributed by atoms with van der Waals surface area (Å²) in [5.74, 6) is -4.69. The second kappa shape index (κ2) is 5.05. The van der Waals surface area contributed by atoms with Crippen LogP contribution in [0.15, 0.2) is 12.1 Å². The smallest absolute Gasteiger partial charge is 0.250 e. The summed E-state index contributed by atoms with van der Waals surface area (Å²) >= 11 is 0. The second-order valence-corrected chi connectivity index (χ2v) is 6.01. The van der Waals surface area contributed by atoms with Gasteiger partial charge in [-0.05, 0) is 5.41 Å². The molecule has 1 unspecified atom stereocenters. The fourth-order valence-corrected chi connectivity index (χ4v) is 2.21. The Morgan fingerprint density at radius 3 is 2.14 bits per heavy atom. The highest BCUT2D eigenvalue weighted by Crippen LogP contribution is 2.30. The zero-order valence-corrected chi connectivity index (χ0v) is 11.8. The summed E-state index contributed by atoms with van der Waals surface area (Å²) in [6, 6.07) is 0.0387. The van der Waals surface area contributed by atoms with E-state index in [1.54, 1.807) is 20.8 Å². The van der Waals surface area contributed by atoms with Crippen LogP contribution in [0.2, 0.25) is 0 Å². The van der Waals surface area contributed by atoms with E-state index in [1.165, 1.54) is 0 Å². The van der Waals surface area contributed by atoms with Crippen LogP contribution in [-0.4, -0.2) is 24.4 Å². The van der Waals surface area contributed by atoms with Gasteiger partial charge in [-0.1, -0.05) is 20.8 Å². The van der Waals surface area contributed by atoms with E-state index < -0.39 is 53.0 Å². The lowest BCUT2D eigenvalue weighted by Gasteiger charge is -2.38. The molecule has 2 rings (SSSR count). The molecule has 0 spiro atoms. The maximum Gasteiger partial charge on any atom is 0.250 e. The minimum Gasteiger partial charge on any atom is -0.342 e. The van der Waals surface area contributed by atoms with E-state index in [9.17, 15) is 22.8 Å². The lowest BCUT2D eigenvalue weighted by Crippen LogP contribution is -2.62. The number of carbonyl (C=O) groups is 2. The summed E-state index contributed by atoms with van der Waals surface area (Å²) in [7, 11) is 0. The van der Waals surface area contributed by atoms with Crippen LogP contribution < -0.4 is 10.2 Å². The average Bonchev–Trinajstić information content (AvgIpc) is 2.30. The van der Waals surface area contributed by atoms with Crippen molar-refractivity contribution < 1.29 is 22.8 Å². The molecule has 0 aromatic heterocycles. The molecule has 1 aliphatic rings. The van der Waals surface area contributed by atoms with Gasteiger partial charge >= 0.3 is 0 Å². The molecule has 114 valence electrons. The summed E-state index contributed by atoms with van der Waals surface area (Å²) in [4.78, 5) is 24.8. The molecule has 2 amide bonds. The third-order valence-corrected chi connectivity index (χ3v) is 3.24. The van der Waals surface area contributed by atoms with E-state index in [2.05, 4.69) is 5.32 Å². The zero-order valence-electron chi connectivity index (χ0n) is 11.8. The van der Waals surface area contributed by atoms with E-state index in [0.717, 1.165) is 4.90 Å². The number of benzene rings is 1. The summed E-state index contributed by atoms with van der Waals surface area (Å²) in [5.41, 5.74) is -1.33. The predicted octanol–water partition coefficient (Wildman–Crippen LogP) is 1.98. The third kappa shape index (κ3) is 2.86. The normalized spacial score (nSPS) is 19.7. The topological polar surface area (TPSA) is 49.4 Å². The molecular weight excluding hydrogens is 285 g/mol. The SMILES string of the molecule is CC(C)(C)C1NC(=O)CN(c2c(F)cc(F)cc2F)C1=O. The van der Waals surface area contributed by atoms with Gasteiger partial charge in [0.05, 0.1) is 0 Å². The fourth-order valence-electron chi connectivity index (χ4n) is 2.21. The molecule has 1 fully saturated rings. The molecule has 1 saturated heterocycles. The number of halogens is 3. The molecule has 21 heavy (non-hydrogen) atoms. The van der Waals surface area contributed by atoms with Crippen molar-refractivity contribution in [2.24, 2.45) is 5.41 Å². The highest BCUT2D eigenvalue weighted by atomic mass is 19.1. The Balaban J connectivity index is 2.48. The Morgan fingerprint density at radius 2 is 1.67 bits per heavy atom. The number of nitrogens with zero attached hydrogens (tertiary/aromatic N) is 1. The van der Waals surface area contributed by atoms with Crippen LogP contribution in [0, 0.1) is 22.9 Å². The minimum atomic E-state index is -1.22. The van der Waals surface area contributed by atoms with Gasteiger partial charge in [0.1, 0.15) is 24.1 Å². The quantitative estimate of drug-likeness (QED) is 0.862. The highest BCUT2D eigenvalue weighted by molar-refractivity contribution is 6.07. The first-order valence-corrected chi connectivity index (χ1v) is 6.36. The zero-order chi connectivity index (χ0) is 15.9. The molecule has 0 bridgehead atoms. The maximum atomic E-state index is 13.8. The van der Waals surface area contributed by atoms with Crippen molar-refractivity contribution in [3.63, 3.8) is 0 Å². The molecule has 1 N–H and O–H groups in total. The van der Waals surface area contributed by atoms with Crippen molar-refractivity contribution in [2.45, 2.75) is 26.8 Å². The van der Waals surface area contributed by atoms with Crippen LogP contribution >= 0.6 is 0 Å². The van der Waals surface area contributed by atoms with Crippen LogP contribution in [-0.2, 0) is 9.59 Å². The van der Waals surface area contributed by atoms with Crippen molar-refractivity contribution in [3.8, 4) is 0 Å². The summed E-state index contributed by atoms with van der Waals surface area (Å²) in [6.45, 7) is 4.65. The Kier molecular flexibility index (Phi) is 3.69. The first-order chi connectivity index (χ1) is 9.61. The lowest BCUT2D eigenvalue weighted by molar-refractivity contribution is -0.133. The number of rotatable bonds is 1. The third-order valence-electron chi connectivity index (χ3n) is 3.24. The van der Waals surface area contributed by atoms with Gasteiger partial charge in [0, 0.05) is 12.1 Å². The Hall–Kier alpha value is -2.05. The highest BCUT2D eigenvalue weighted by Gasteiger charge is 2.42. The number of nitrogens with one attached hydrogen (secondary N) is 1. The van der Waals surface area contributed by atoms with Gasteiger partial charge < -0.3 is 5.32 Å². The molecule has 1 aliphatic heterocycles. The molecule has 4 nitrogen and oxygen atoms in total. The van der Waals surface area contributed by atoms with Crippen molar-refractivity contribution in [1.82, 2.24) is 5.32 Å². The van der Waals surface area contributed by atoms with Gasteiger partial charge in [0.25, 0.3) is 5.91 Å². The van der Waals surface area contributed by atoms with Gasteiger partial charge in [-0.2, -0.15) is 0 Å². The number of amides is 2. The number of carbonyl (C=O) groups excluding carboxylic acids is 2. The van der Waals surface area contributed by atoms with Gasteiger partial charge in [-0.15, -0.1) is 0 Å². The summed E-state index contributed by atoms with van der Waals surface area (Å²) < 4.78 is 40.6. The van der Waals surface area contributed by atoms with Gasteiger partial charge in [-0.25, -0.2) is 13.2 Å². The predicted molar refractivity (Wildman–Crippen MR) is 70.1 cm³/mol. The van der Waals surface area contributed by atoms with Crippen molar-refractivity contribution in [1.29, 1.82) is 0 Å². The summed E-state index contributed by atoms with van der Waals surface area (Å²) in [6.07, 6.45) is 0. The van der Waals surface area contributed by atoms with E-state index in [1.807, 2.05) is 0 Å². The van der Waals surface area contributed by atoms with Crippen molar-refractivity contribution in [3.05, 3.63) is 29.6 Å². The number of hydrogen-bond donors (Lipinski definition) is 1. The van der Waals surface area contributed by atoms with Crippen LogP contribution in [0.1, 0.15) is 20.8 Å². The molecule has 1 atom stereocenters. The van der Waals surface area contributed by atoms with Crippen LogP contribution in [0.3, 0.4) is 0 Å². The Bertz CT molecular complexity index is 588. The van der Waals surface area contributed by atoms with Crippen molar-refractivity contribution in [2.75, 3.05) is 11.4 Å². The van der Waals surface area contributed by atoms with E-state index in [0.29, 0.717) is 12.1 Å². The standard InChI is InChI=1S/C14H15F3N2O2/c1-14(2,3)12-13(21)19(6-10(20)18-12)11-8(16)4-7(15)5-9(11)17/h4-5,12H,6H2,1-3H3,(H,18,20). The van der Waals surface area contributed by atoms with Gasteiger partial charge in [0.2, 0.25) is 5.91 Å². The van der Waals surface area contributed by atoms with Gasteiger partial charge in [0.15, 0.2) is 11.6 Å². The molecule has 1 aromatic rings. The Morgan fingerprint density at radius 1 is 1.14 bits per heavy atom. The molecule has 1 aromatic carbocycles. The molecule has 0 aliphatic carbocycles. The lowest BCUT2D eigenvalue weighted by atomic mass is 9.84. The van der Waals surface area contributed by atoms with Crippen LogP contribution in [0.4, 0.5) is 18.9 Å². The molecule has 0 saturated carbocycles. The first kappa shape index (κ1) is 15.3. The molecule has 1 heterocycles. The average molecular weight is 300 g/mol. The number of hydrogen-bond acceptors (Lipinski definition) is 2. The Labute approximate surface area is 119 Å². The molecule has 7 heteroatoms. The number of anilines is 1. The van der Waals surface area contributed by atoms with Crippen LogP contribution in [0.25, 0.3) is 0 Å². The summed E-state index contributed by atoms with van der Waals surface area (Å²) in [5, 5.41) is 2.51. The van der Waals surface area contributed by atoms with E-state index >= 15 is 0 Å². The van der Waals surface area contributed by atoms with Crippen LogP contribution in [0.5, 0.6) is 0 Å². The van der Waals surface area contributed by atoms with Gasteiger partial charge in [-0.3, -0.25) is 14.5 Å². The number of piperazine rings is 1. The minimum absolute atomic E-state index is 0.476. The molecular formula is C14H15F3N2O2.